The predicted octanol–water partition coefficient (Wildman–Crippen LogP) is 4.10. The van der Waals surface area contributed by atoms with Crippen LogP contribution in [0.3, 0.4) is 0 Å². The van der Waals surface area contributed by atoms with Crippen molar-refractivity contribution in [3.8, 4) is 0 Å². The number of benzene rings is 2. The molecule has 1 aliphatic heterocycles. The number of aryl methyl sites for hydroxylation is 3. The minimum absolute atomic E-state index is 0.0216. The van der Waals surface area contributed by atoms with Gasteiger partial charge in [0.2, 0.25) is 5.91 Å². The van der Waals surface area contributed by atoms with Gasteiger partial charge in [-0.1, -0.05) is 29.8 Å². The van der Waals surface area contributed by atoms with E-state index in [2.05, 4.69) is 10.3 Å². The predicted molar refractivity (Wildman–Crippen MR) is 118 cm³/mol. The van der Waals surface area contributed by atoms with Crippen LogP contribution >= 0.6 is 11.6 Å². The topological polar surface area (TPSA) is 65.2 Å². The quantitative estimate of drug-likeness (QED) is 0.684. The third-order valence-electron chi connectivity index (χ3n) is 5.73. The molecule has 1 aliphatic rings. The van der Waals surface area contributed by atoms with Crippen molar-refractivity contribution >= 4 is 34.1 Å². The molecule has 2 N–H and O–H groups in total. The van der Waals surface area contributed by atoms with Crippen LogP contribution in [0.4, 0.5) is 5.69 Å². The zero-order chi connectivity index (χ0) is 20.7. The minimum Gasteiger partial charge on any atom is -0.358 e. The number of amides is 1. The van der Waals surface area contributed by atoms with Crippen molar-refractivity contribution in [1.82, 2.24) is 9.88 Å². The van der Waals surface area contributed by atoms with E-state index in [9.17, 15) is 9.59 Å². The second kappa shape index (κ2) is 7.65. The Hall–Kier alpha value is -2.63. The Morgan fingerprint density at radius 1 is 1.17 bits per heavy atom. The number of pyridine rings is 1. The molecular weight excluding hydrogens is 386 g/mol. The zero-order valence-corrected chi connectivity index (χ0v) is 17.6. The standard InChI is InChI=1S/C23H24ClN3O2/c1-13-5-4-6-14(2)21(13)26-20(28)12-27-10-9-19-17(11-27)23(29)16-7-8-18(24)15(3)22(16)25-19/h4-8H,9-12H2,1-3H3,(H,25,29)(H,26,28). The lowest BCUT2D eigenvalue weighted by Gasteiger charge is -2.28. The highest BCUT2D eigenvalue weighted by molar-refractivity contribution is 6.32. The van der Waals surface area contributed by atoms with Crippen molar-refractivity contribution in [3.05, 3.63) is 73.5 Å². The number of carbonyl (C=O) groups is 1. The lowest BCUT2D eigenvalue weighted by molar-refractivity contribution is -0.117. The van der Waals surface area contributed by atoms with Crippen molar-refractivity contribution in [2.75, 3.05) is 18.4 Å². The molecule has 0 bridgehead atoms. The summed E-state index contributed by atoms with van der Waals surface area (Å²) < 4.78 is 0. The molecule has 4 rings (SSSR count). The maximum absolute atomic E-state index is 13.1. The maximum Gasteiger partial charge on any atom is 0.238 e. The number of para-hydroxylation sites is 1. The molecule has 0 radical (unpaired) electrons. The van der Waals surface area contributed by atoms with E-state index in [1.165, 1.54) is 0 Å². The molecule has 0 saturated carbocycles. The van der Waals surface area contributed by atoms with E-state index in [4.69, 9.17) is 11.6 Å². The SMILES string of the molecule is Cc1cccc(C)c1NC(=O)CN1CCc2[nH]c3c(C)c(Cl)ccc3c(=O)c2C1. The molecule has 0 atom stereocenters. The smallest absolute Gasteiger partial charge is 0.238 e. The van der Waals surface area contributed by atoms with Gasteiger partial charge in [-0.05, 0) is 49.6 Å². The summed E-state index contributed by atoms with van der Waals surface area (Å²) in [6.07, 6.45) is 0.698. The van der Waals surface area contributed by atoms with Gasteiger partial charge in [0.25, 0.3) is 0 Å². The largest absolute Gasteiger partial charge is 0.358 e. The van der Waals surface area contributed by atoms with Crippen LogP contribution in [0.25, 0.3) is 10.9 Å². The van der Waals surface area contributed by atoms with Gasteiger partial charge >= 0.3 is 0 Å². The highest BCUT2D eigenvalue weighted by Gasteiger charge is 2.23. The molecule has 0 spiro atoms. The summed E-state index contributed by atoms with van der Waals surface area (Å²) in [7, 11) is 0. The molecule has 1 aromatic heterocycles. The first-order valence-corrected chi connectivity index (χ1v) is 10.1. The van der Waals surface area contributed by atoms with Crippen molar-refractivity contribution in [3.63, 3.8) is 0 Å². The Kier molecular flexibility index (Phi) is 5.19. The normalized spacial score (nSPS) is 14.1. The van der Waals surface area contributed by atoms with Crippen LogP contribution in [0.15, 0.2) is 35.1 Å². The number of fused-ring (bicyclic) bond motifs is 2. The van der Waals surface area contributed by atoms with Gasteiger partial charge in [-0.25, -0.2) is 0 Å². The van der Waals surface area contributed by atoms with E-state index < -0.39 is 0 Å². The number of aromatic amines is 1. The summed E-state index contributed by atoms with van der Waals surface area (Å²) in [5.41, 5.74) is 6.35. The first kappa shape index (κ1) is 19.7. The number of nitrogens with zero attached hydrogens (tertiary/aromatic N) is 1. The Bertz CT molecular complexity index is 1160. The van der Waals surface area contributed by atoms with E-state index in [1.807, 2.05) is 43.9 Å². The van der Waals surface area contributed by atoms with E-state index in [0.717, 1.165) is 39.2 Å². The summed E-state index contributed by atoms with van der Waals surface area (Å²) in [6.45, 7) is 7.32. The van der Waals surface area contributed by atoms with E-state index in [1.54, 1.807) is 12.1 Å². The fourth-order valence-electron chi connectivity index (χ4n) is 4.04. The first-order chi connectivity index (χ1) is 13.8. The van der Waals surface area contributed by atoms with Gasteiger partial charge in [-0.15, -0.1) is 0 Å². The van der Waals surface area contributed by atoms with Crippen LogP contribution in [0, 0.1) is 20.8 Å². The molecule has 0 fully saturated rings. The molecule has 0 unspecified atom stereocenters. The van der Waals surface area contributed by atoms with Crippen LogP contribution in [-0.2, 0) is 17.8 Å². The Morgan fingerprint density at radius 3 is 2.62 bits per heavy atom. The molecule has 3 aromatic rings. The Balaban J connectivity index is 1.56. The summed E-state index contributed by atoms with van der Waals surface area (Å²) in [5, 5.41) is 4.32. The third-order valence-corrected chi connectivity index (χ3v) is 6.14. The molecule has 150 valence electrons. The van der Waals surface area contributed by atoms with Crippen molar-refractivity contribution in [2.45, 2.75) is 33.7 Å². The lowest BCUT2D eigenvalue weighted by atomic mass is 10.0. The highest BCUT2D eigenvalue weighted by Crippen LogP contribution is 2.25. The number of H-pyrrole nitrogens is 1. The molecular formula is C23H24ClN3O2. The summed E-state index contributed by atoms with van der Waals surface area (Å²) >= 11 is 6.22. The van der Waals surface area contributed by atoms with Crippen LogP contribution in [0.5, 0.6) is 0 Å². The van der Waals surface area contributed by atoms with Gasteiger partial charge in [-0.3, -0.25) is 14.5 Å². The monoisotopic (exact) mass is 409 g/mol. The average molecular weight is 410 g/mol. The minimum atomic E-state index is -0.0642. The van der Waals surface area contributed by atoms with Gasteiger partial charge in [0, 0.05) is 46.9 Å². The van der Waals surface area contributed by atoms with E-state index in [0.29, 0.717) is 29.9 Å². The summed E-state index contributed by atoms with van der Waals surface area (Å²) in [4.78, 5) is 31.1. The van der Waals surface area contributed by atoms with Gasteiger partial charge in [-0.2, -0.15) is 0 Å². The fraction of sp³-hybridized carbons (Fsp3) is 0.304. The average Bonchev–Trinajstić information content (AvgIpc) is 2.69. The van der Waals surface area contributed by atoms with Crippen molar-refractivity contribution < 1.29 is 4.79 Å². The number of anilines is 1. The molecule has 29 heavy (non-hydrogen) atoms. The molecule has 1 amide bonds. The van der Waals surface area contributed by atoms with Crippen LogP contribution in [0.2, 0.25) is 5.02 Å². The van der Waals surface area contributed by atoms with E-state index in [-0.39, 0.29) is 17.9 Å². The van der Waals surface area contributed by atoms with E-state index >= 15 is 0 Å². The molecule has 0 aliphatic carbocycles. The summed E-state index contributed by atoms with van der Waals surface area (Å²) in [6, 6.07) is 9.49. The van der Waals surface area contributed by atoms with Crippen molar-refractivity contribution in [1.29, 1.82) is 0 Å². The second-order valence-corrected chi connectivity index (χ2v) is 8.19. The first-order valence-electron chi connectivity index (χ1n) is 9.76. The third kappa shape index (κ3) is 3.68. The lowest BCUT2D eigenvalue weighted by Crippen LogP contribution is -2.39. The molecule has 0 saturated heterocycles. The Labute approximate surface area is 174 Å². The highest BCUT2D eigenvalue weighted by atomic mass is 35.5. The second-order valence-electron chi connectivity index (χ2n) is 7.78. The Morgan fingerprint density at radius 2 is 1.90 bits per heavy atom. The zero-order valence-electron chi connectivity index (χ0n) is 16.9. The van der Waals surface area contributed by atoms with Crippen LogP contribution < -0.4 is 10.7 Å². The molecule has 2 heterocycles. The van der Waals surface area contributed by atoms with Crippen LogP contribution in [0.1, 0.15) is 27.9 Å². The molecule has 6 heteroatoms. The van der Waals surface area contributed by atoms with Crippen LogP contribution in [-0.4, -0.2) is 28.9 Å². The number of halogens is 1. The fourth-order valence-corrected chi connectivity index (χ4v) is 4.20. The summed E-state index contributed by atoms with van der Waals surface area (Å²) in [5.74, 6) is -0.0642. The number of hydrogen-bond acceptors (Lipinski definition) is 3. The molecule has 2 aromatic carbocycles. The number of hydrogen-bond donors (Lipinski definition) is 2. The number of nitrogens with one attached hydrogen (secondary N) is 2. The number of carbonyl (C=O) groups excluding carboxylic acids is 1. The van der Waals surface area contributed by atoms with Crippen molar-refractivity contribution in [2.24, 2.45) is 0 Å². The maximum atomic E-state index is 13.1. The number of aromatic nitrogens is 1. The number of rotatable bonds is 3. The van der Waals surface area contributed by atoms with Gasteiger partial charge < -0.3 is 10.3 Å². The van der Waals surface area contributed by atoms with Gasteiger partial charge in [0.15, 0.2) is 5.43 Å². The molecule has 5 nitrogen and oxygen atoms in total. The van der Waals surface area contributed by atoms with Gasteiger partial charge in [0.1, 0.15) is 0 Å². The van der Waals surface area contributed by atoms with Gasteiger partial charge in [0.05, 0.1) is 12.1 Å².